The Balaban J connectivity index is 1.73. The van der Waals surface area contributed by atoms with E-state index in [2.05, 4.69) is 38.2 Å². The second-order valence-corrected chi connectivity index (χ2v) is 9.21. The molecule has 2 amide bonds. The molecule has 2 heterocycles. The van der Waals surface area contributed by atoms with Crippen LogP contribution in [-0.4, -0.2) is 54.0 Å². The smallest absolute Gasteiger partial charge is 0.317 e. The molecule has 0 saturated carbocycles. The highest BCUT2D eigenvalue weighted by atomic mass is 79.9. The van der Waals surface area contributed by atoms with Crippen molar-refractivity contribution >= 4 is 45.2 Å². The van der Waals surface area contributed by atoms with Gasteiger partial charge in [-0.2, -0.15) is 0 Å². The predicted molar refractivity (Wildman–Crippen MR) is 123 cm³/mol. The SMILES string of the molecule is CC(NC(=O)N(C)C1CCN(C)CC1)c1ccc(-c2cncc(Br)c2)c(Cl)c1Cl. The van der Waals surface area contributed by atoms with Gasteiger partial charge in [0.1, 0.15) is 0 Å². The van der Waals surface area contributed by atoms with Crippen LogP contribution in [0.4, 0.5) is 4.79 Å². The van der Waals surface area contributed by atoms with Gasteiger partial charge in [0.05, 0.1) is 16.1 Å². The van der Waals surface area contributed by atoms with Gasteiger partial charge in [-0.3, -0.25) is 4.98 Å². The van der Waals surface area contributed by atoms with E-state index in [0.29, 0.717) is 10.0 Å². The number of likely N-dealkylation sites (tertiary alicyclic amines) is 1. The lowest BCUT2D eigenvalue weighted by atomic mass is 10.0. The topological polar surface area (TPSA) is 48.5 Å². The third-order valence-corrected chi connectivity index (χ3v) is 6.82. The first-order valence-electron chi connectivity index (χ1n) is 9.58. The molecule has 29 heavy (non-hydrogen) atoms. The van der Waals surface area contributed by atoms with Crippen LogP contribution in [0.3, 0.4) is 0 Å². The summed E-state index contributed by atoms with van der Waals surface area (Å²) in [4.78, 5) is 21.0. The molecule has 1 fully saturated rings. The van der Waals surface area contributed by atoms with E-state index in [0.717, 1.165) is 47.1 Å². The lowest BCUT2D eigenvalue weighted by Gasteiger charge is -2.35. The van der Waals surface area contributed by atoms with E-state index in [9.17, 15) is 4.79 Å². The molecule has 1 aliphatic heterocycles. The fourth-order valence-corrected chi connectivity index (χ4v) is 4.57. The van der Waals surface area contributed by atoms with Crippen LogP contribution >= 0.6 is 39.1 Å². The maximum Gasteiger partial charge on any atom is 0.317 e. The zero-order valence-electron chi connectivity index (χ0n) is 16.8. The highest BCUT2D eigenvalue weighted by Gasteiger charge is 2.25. The van der Waals surface area contributed by atoms with Gasteiger partial charge in [-0.25, -0.2) is 4.79 Å². The van der Waals surface area contributed by atoms with Crippen LogP contribution in [-0.2, 0) is 0 Å². The van der Waals surface area contributed by atoms with Crippen molar-refractivity contribution in [2.45, 2.75) is 31.8 Å². The van der Waals surface area contributed by atoms with Crippen LogP contribution in [0.25, 0.3) is 11.1 Å². The second kappa shape index (κ2) is 9.65. The first-order chi connectivity index (χ1) is 13.8. The Bertz CT molecular complexity index is 887. The maximum atomic E-state index is 12.7. The van der Waals surface area contributed by atoms with Gasteiger partial charge in [-0.05, 0) is 67.5 Å². The number of nitrogens with one attached hydrogen (secondary N) is 1. The van der Waals surface area contributed by atoms with Crippen molar-refractivity contribution < 1.29 is 4.79 Å². The molecule has 1 saturated heterocycles. The standard InChI is InChI=1S/C21H25BrCl2N4O/c1-13(26-21(29)28(3)16-6-8-27(2)9-7-16)17-4-5-18(20(24)19(17)23)14-10-15(22)12-25-11-14/h4-5,10-13,16H,6-9H2,1-3H3,(H,26,29). The number of carbonyl (C=O) groups excluding carboxylic acids is 1. The summed E-state index contributed by atoms with van der Waals surface area (Å²) in [6.45, 7) is 3.93. The van der Waals surface area contributed by atoms with Crippen molar-refractivity contribution in [2.24, 2.45) is 0 Å². The molecule has 0 aliphatic carbocycles. The van der Waals surface area contributed by atoms with Crippen molar-refractivity contribution in [3.05, 3.63) is 50.7 Å². The van der Waals surface area contributed by atoms with E-state index >= 15 is 0 Å². The van der Waals surface area contributed by atoms with Gasteiger partial charge in [-0.1, -0.05) is 35.3 Å². The summed E-state index contributed by atoms with van der Waals surface area (Å²) in [6, 6.07) is 5.65. The molecule has 1 aromatic carbocycles. The van der Waals surface area contributed by atoms with Crippen LogP contribution in [0.2, 0.25) is 10.0 Å². The number of hydrogen-bond acceptors (Lipinski definition) is 3. The summed E-state index contributed by atoms with van der Waals surface area (Å²) in [7, 11) is 3.97. The van der Waals surface area contributed by atoms with Crippen LogP contribution in [0, 0.1) is 0 Å². The lowest BCUT2D eigenvalue weighted by molar-refractivity contribution is 0.146. The third-order valence-electron chi connectivity index (χ3n) is 5.49. The third kappa shape index (κ3) is 5.23. The average Bonchev–Trinajstić information content (AvgIpc) is 2.69. The Labute approximate surface area is 190 Å². The summed E-state index contributed by atoms with van der Waals surface area (Å²) in [5.41, 5.74) is 2.46. The molecular weight excluding hydrogens is 475 g/mol. The van der Waals surface area contributed by atoms with Gasteiger partial charge in [0, 0.05) is 41.1 Å². The number of amides is 2. The van der Waals surface area contributed by atoms with E-state index in [1.807, 2.05) is 32.2 Å². The van der Waals surface area contributed by atoms with Crippen LogP contribution < -0.4 is 5.32 Å². The molecule has 1 aliphatic rings. The summed E-state index contributed by atoms with van der Waals surface area (Å²) in [5.74, 6) is 0. The molecule has 8 heteroatoms. The quantitative estimate of drug-likeness (QED) is 0.594. The predicted octanol–water partition coefficient (Wildman–Crippen LogP) is 5.61. The van der Waals surface area contributed by atoms with E-state index in [1.54, 1.807) is 17.3 Å². The van der Waals surface area contributed by atoms with E-state index in [4.69, 9.17) is 23.2 Å². The molecule has 0 spiro atoms. The summed E-state index contributed by atoms with van der Waals surface area (Å²) in [5, 5.41) is 3.95. The number of urea groups is 1. The number of pyridine rings is 1. The van der Waals surface area contributed by atoms with Crippen LogP contribution in [0.5, 0.6) is 0 Å². The molecule has 0 bridgehead atoms. The Hall–Kier alpha value is -1.34. The van der Waals surface area contributed by atoms with Crippen molar-refractivity contribution in [1.29, 1.82) is 0 Å². The van der Waals surface area contributed by atoms with Crippen LogP contribution in [0.1, 0.15) is 31.4 Å². The van der Waals surface area contributed by atoms with Crippen molar-refractivity contribution in [3.8, 4) is 11.1 Å². The minimum Gasteiger partial charge on any atom is -0.331 e. The molecular formula is C21H25BrCl2N4O. The largest absolute Gasteiger partial charge is 0.331 e. The number of piperidine rings is 1. The monoisotopic (exact) mass is 498 g/mol. The van der Waals surface area contributed by atoms with Crippen molar-refractivity contribution in [3.63, 3.8) is 0 Å². The van der Waals surface area contributed by atoms with Gasteiger partial charge < -0.3 is 15.1 Å². The number of halogens is 3. The fraction of sp³-hybridized carbons (Fsp3) is 0.429. The zero-order valence-corrected chi connectivity index (χ0v) is 19.9. The number of aromatic nitrogens is 1. The number of nitrogens with zero attached hydrogens (tertiary/aromatic N) is 3. The second-order valence-electron chi connectivity index (χ2n) is 7.54. The maximum absolute atomic E-state index is 12.7. The number of rotatable bonds is 4. The molecule has 5 nitrogen and oxygen atoms in total. The molecule has 1 aromatic heterocycles. The molecule has 1 N–H and O–H groups in total. The van der Waals surface area contributed by atoms with Gasteiger partial charge in [0.2, 0.25) is 0 Å². The molecule has 1 unspecified atom stereocenters. The van der Waals surface area contributed by atoms with Crippen molar-refractivity contribution in [2.75, 3.05) is 27.2 Å². The summed E-state index contributed by atoms with van der Waals surface area (Å²) >= 11 is 16.6. The minimum atomic E-state index is -0.268. The normalized spacial score (nSPS) is 16.5. The number of hydrogen-bond donors (Lipinski definition) is 1. The van der Waals surface area contributed by atoms with Gasteiger partial charge in [0.15, 0.2) is 0 Å². The Morgan fingerprint density at radius 2 is 1.97 bits per heavy atom. The zero-order chi connectivity index (χ0) is 21.1. The highest BCUT2D eigenvalue weighted by Crippen LogP contribution is 2.38. The average molecular weight is 500 g/mol. The first kappa shape index (κ1) is 22.3. The Morgan fingerprint density at radius 3 is 2.62 bits per heavy atom. The first-order valence-corrected chi connectivity index (χ1v) is 11.1. The Kier molecular flexibility index (Phi) is 7.43. The summed E-state index contributed by atoms with van der Waals surface area (Å²) < 4.78 is 0.865. The summed E-state index contributed by atoms with van der Waals surface area (Å²) in [6.07, 6.45) is 5.42. The fourth-order valence-electron chi connectivity index (χ4n) is 3.59. The van der Waals surface area contributed by atoms with Crippen molar-refractivity contribution in [1.82, 2.24) is 20.1 Å². The number of benzene rings is 1. The van der Waals surface area contributed by atoms with Gasteiger partial charge in [-0.15, -0.1) is 0 Å². The van der Waals surface area contributed by atoms with E-state index in [-0.39, 0.29) is 18.1 Å². The Morgan fingerprint density at radius 1 is 1.28 bits per heavy atom. The molecule has 0 radical (unpaired) electrons. The minimum absolute atomic E-state index is 0.0977. The lowest BCUT2D eigenvalue weighted by Crippen LogP contribution is -2.48. The van der Waals surface area contributed by atoms with Crippen LogP contribution in [0.15, 0.2) is 35.1 Å². The van der Waals surface area contributed by atoms with Gasteiger partial charge in [0.25, 0.3) is 0 Å². The van der Waals surface area contributed by atoms with E-state index < -0.39 is 0 Å². The number of carbonyl (C=O) groups is 1. The van der Waals surface area contributed by atoms with E-state index in [1.165, 1.54) is 0 Å². The van der Waals surface area contributed by atoms with Gasteiger partial charge >= 0.3 is 6.03 Å². The highest BCUT2D eigenvalue weighted by molar-refractivity contribution is 9.10. The molecule has 2 aromatic rings. The molecule has 1 atom stereocenters. The molecule has 156 valence electrons. The molecule has 3 rings (SSSR count).